The Kier molecular flexibility index (Phi) is 6.88. The fraction of sp³-hybridized carbons (Fsp3) is 0.538. The summed E-state index contributed by atoms with van der Waals surface area (Å²) in [6, 6.07) is 11.1. The highest BCUT2D eigenvalue weighted by molar-refractivity contribution is 7.89. The van der Waals surface area contributed by atoms with Gasteiger partial charge in [0.1, 0.15) is 5.82 Å². The molecule has 182 valence electrons. The van der Waals surface area contributed by atoms with E-state index < -0.39 is 10.0 Å². The molecule has 34 heavy (non-hydrogen) atoms. The number of sulfonamides is 1. The zero-order chi connectivity index (χ0) is 23.5. The van der Waals surface area contributed by atoms with E-state index in [2.05, 4.69) is 9.88 Å². The van der Waals surface area contributed by atoms with E-state index in [1.165, 1.54) is 42.0 Å². The summed E-state index contributed by atoms with van der Waals surface area (Å²) in [4.78, 5) is 22.0. The first-order valence-electron chi connectivity index (χ1n) is 12.6. The van der Waals surface area contributed by atoms with Gasteiger partial charge in [-0.05, 0) is 61.4 Å². The maximum absolute atomic E-state index is 13.3. The van der Waals surface area contributed by atoms with Crippen molar-refractivity contribution in [3.8, 4) is 0 Å². The fourth-order valence-electron chi connectivity index (χ4n) is 5.54. The van der Waals surface area contributed by atoms with Crippen LogP contribution in [0.5, 0.6) is 0 Å². The molecule has 2 aliphatic heterocycles. The number of carbonyl (C=O) groups excluding carboxylic acids is 1. The molecule has 5 rings (SSSR count). The number of amides is 1. The number of nitrogens with zero attached hydrogens (tertiary/aromatic N) is 4. The van der Waals surface area contributed by atoms with Crippen LogP contribution in [0.15, 0.2) is 47.5 Å². The maximum Gasteiger partial charge on any atom is 0.257 e. The van der Waals surface area contributed by atoms with Crippen LogP contribution in [0.3, 0.4) is 0 Å². The van der Waals surface area contributed by atoms with Gasteiger partial charge in [0, 0.05) is 45.5 Å². The largest absolute Gasteiger partial charge is 0.356 e. The molecule has 0 atom stereocenters. The molecule has 7 nitrogen and oxygen atoms in total. The molecule has 2 saturated heterocycles. The van der Waals surface area contributed by atoms with E-state index in [4.69, 9.17) is 0 Å². The lowest BCUT2D eigenvalue weighted by atomic mass is 9.84. The first-order chi connectivity index (χ1) is 16.5. The van der Waals surface area contributed by atoms with E-state index in [0.717, 1.165) is 31.7 Å². The minimum Gasteiger partial charge on any atom is -0.356 e. The predicted molar refractivity (Wildman–Crippen MR) is 133 cm³/mol. The Hall–Kier alpha value is -2.45. The molecule has 2 aromatic rings. The molecular weight excluding hydrogens is 448 g/mol. The van der Waals surface area contributed by atoms with Crippen molar-refractivity contribution in [1.29, 1.82) is 0 Å². The highest BCUT2D eigenvalue weighted by Crippen LogP contribution is 2.33. The van der Waals surface area contributed by atoms with Gasteiger partial charge in [-0.2, -0.15) is 4.31 Å². The van der Waals surface area contributed by atoms with E-state index >= 15 is 0 Å². The molecule has 1 aromatic heterocycles. The molecular formula is C26H34N4O3S. The second-order valence-electron chi connectivity index (χ2n) is 9.67. The monoisotopic (exact) mass is 482 g/mol. The maximum atomic E-state index is 13.3. The van der Waals surface area contributed by atoms with Crippen LogP contribution in [-0.4, -0.2) is 67.8 Å². The van der Waals surface area contributed by atoms with Crippen molar-refractivity contribution in [1.82, 2.24) is 14.2 Å². The van der Waals surface area contributed by atoms with Crippen molar-refractivity contribution in [2.24, 2.45) is 0 Å². The number of pyridine rings is 1. The average Bonchev–Trinajstić information content (AvgIpc) is 3.44. The second kappa shape index (κ2) is 10.0. The molecule has 0 bridgehead atoms. The Bertz CT molecular complexity index is 1100. The Morgan fingerprint density at radius 1 is 0.824 bits per heavy atom. The number of anilines is 1. The van der Waals surface area contributed by atoms with Gasteiger partial charge in [0.15, 0.2) is 0 Å². The fourth-order valence-corrected chi connectivity index (χ4v) is 6.97. The van der Waals surface area contributed by atoms with Gasteiger partial charge in [-0.1, -0.05) is 31.4 Å². The number of rotatable bonds is 5. The topological polar surface area (TPSA) is 73.8 Å². The van der Waals surface area contributed by atoms with Crippen molar-refractivity contribution >= 4 is 21.7 Å². The van der Waals surface area contributed by atoms with Gasteiger partial charge in [0.25, 0.3) is 5.91 Å². The number of piperazine rings is 1. The number of carbonyl (C=O) groups is 1. The Morgan fingerprint density at radius 3 is 2.18 bits per heavy atom. The van der Waals surface area contributed by atoms with Crippen LogP contribution in [0.25, 0.3) is 0 Å². The predicted octanol–water partition coefficient (Wildman–Crippen LogP) is 3.88. The van der Waals surface area contributed by atoms with Crippen LogP contribution in [0, 0.1) is 0 Å². The molecule has 1 amide bonds. The lowest BCUT2D eigenvalue weighted by molar-refractivity contribution is 0.0698. The summed E-state index contributed by atoms with van der Waals surface area (Å²) in [5.74, 6) is 1.24. The quantitative estimate of drug-likeness (QED) is 0.647. The Morgan fingerprint density at radius 2 is 1.50 bits per heavy atom. The van der Waals surface area contributed by atoms with Crippen LogP contribution < -0.4 is 4.90 Å². The van der Waals surface area contributed by atoms with E-state index in [1.54, 1.807) is 29.3 Å². The standard InChI is InChI=1S/C26H34N4O3S/c31-26(24-9-6-14-27-25(24)28-15-4-5-16-28)29-17-19-30(20-18-29)34(32,33)23-12-10-22(11-13-23)21-7-2-1-3-8-21/h6,9-14,21H,1-5,7-8,15-20H2. The minimum atomic E-state index is -3.57. The van der Waals surface area contributed by atoms with E-state index in [-0.39, 0.29) is 5.91 Å². The molecule has 3 fully saturated rings. The van der Waals surface area contributed by atoms with E-state index in [1.807, 2.05) is 18.2 Å². The van der Waals surface area contributed by atoms with Gasteiger partial charge in [0.05, 0.1) is 10.5 Å². The van der Waals surface area contributed by atoms with Crippen LogP contribution in [-0.2, 0) is 10.0 Å². The van der Waals surface area contributed by atoms with Crippen molar-refractivity contribution in [2.45, 2.75) is 55.8 Å². The van der Waals surface area contributed by atoms with Crippen molar-refractivity contribution in [2.75, 3.05) is 44.2 Å². The summed E-state index contributed by atoms with van der Waals surface area (Å²) < 4.78 is 28.0. The van der Waals surface area contributed by atoms with E-state index in [0.29, 0.717) is 42.6 Å². The van der Waals surface area contributed by atoms with Gasteiger partial charge < -0.3 is 9.80 Å². The number of hydrogen-bond donors (Lipinski definition) is 0. The van der Waals surface area contributed by atoms with Crippen LogP contribution in [0.1, 0.15) is 66.8 Å². The van der Waals surface area contributed by atoms with Gasteiger partial charge in [-0.15, -0.1) is 0 Å². The van der Waals surface area contributed by atoms with Crippen LogP contribution >= 0.6 is 0 Å². The Labute approximate surface area is 202 Å². The van der Waals surface area contributed by atoms with Gasteiger partial charge in [0.2, 0.25) is 10.0 Å². The normalized spacial score (nSPS) is 20.6. The first-order valence-corrected chi connectivity index (χ1v) is 14.1. The highest BCUT2D eigenvalue weighted by Gasteiger charge is 2.32. The SMILES string of the molecule is O=C(c1cccnc1N1CCCC1)N1CCN(S(=O)(=O)c2ccc(C3CCCCC3)cc2)CC1. The molecule has 1 aliphatic carbocycles. The van der Waals surface area contributed by atoms with Gasteiger partial charge in [-0.3, -0.25) is 4.79 Å². The van der Waals surface area contributed by atoms with Gasteiger partial charge >= 0.3 is 0 Å². The molecule has 0 spiro atoms. The zero-order valence-corrected chi connectivity index (χ0v) is 20.5. The highest BCUT2D eigenvalue weighted by atomic mass is 32.2. The third kappa shape index (κ3) is 4.70. The lowest BCUT2D eigenvalue weighted by Gasteiger charge is -2.34. The molecule has 3 aliphatic rings. The smallest absolute Gasteiger partial charge is 0.257 e. The summed E-state index contributed by atoms with van der Waals surface area (Å²) in [7, 11) is -3.57. The summed E-state index contributed by atoms with van der Waals surface area (Å²) in [5, 5.41) is 0. The van der Waals surface area contributed by atoms with Crippen molar-refractivity contribution < 1.29 is 13.2 Å². The lowest BCUT2D eigenvalue weighted by Crippen LogP contribution is -2.50. The van der Waals surface area contributed by atoms with Crippen LogP contribution in [0.2, 0.25) is 0 Å². The molecule has 3 heterocycles. The van der Waals surface area contributed by atoms with Crippen LogP contribution in [0.4, 0.5) is 5.82 Å². The Balaban J connectivity index is 1.24. The van der Waals surface area contributed by atoms with Crippen molar-refractivity contribution in [3.05, 3.63) is 53.7 Å². The van der Waals surface area contributed by atoms with E-state index in [9.17, 15) is 13.2 Å². The molecule has 0 N–H and O–H groups in total. The summed E-state index contributed by atoms with van der Waals surface area (Å²) in [5.41, 5.74) is 1.86. The molecule has 1 aromatic carbocycles. The first kappa shape index (κ1) is 23.3. The number of hydrogen-bond acceptors (Lipinski definition) is 5. The molecule has 8 heteroatoms. The second-order valence-corrected chi connectivity index (χ2v) is 11.6. The molecule has 0 radical (unpaired) electrons. The number of benzene rings is 1. The minimum absolute atomic E-state index is 0.0658. The average molecular weight is 483 g/mol. The summed E-state index contributed by atoms with van der Waals surface area (Å²) >= 11 is 0. The summed E-state index contributed by atoms with van der Waals surface area (Å²) in [6.45, 7) is 3.21. The third-order valence-corrected chi connectivity index (χ3v) is 9.46. The number of aromatic nitrogens is 1. The molecule has 1 saturated carbocycles. The zero-order valence-electron chi connectivity index (χ0n) is 19.7. The third-order valence-electron chi connectivity index (χ3n) is 7.54. The summed E-state index contributed by atoms with van der Waals surface area (Å²) in [6.07, 6.45) is 10.2. The molecule has 0 unspecified atom stereocenters. The van der Waals surface area contributed by atoms with Gasteiger partial charge in [-0.25, -0.2) is 13.4 Å². The van der Waals surface area contributed by atoms with Crippen molar-refractivity contribution in [3.63, 3.8) is 0 Å².